The van der Waals surface area contributed by atoms with E-state index in [4.69, 9.17) is 4.74 Å². The first-order chi connectivity index (χ1) is 11.8. The van der Waals surface area contributed by atoms with E-state index in [1.807, 2.05) is 18.2 Å². The molecule has 0 bridgehead atoms. The maximum Gasteiger partial charge on any atom is 0.160 e. The van der Waals surface area contributed by atoms with Crippen LogP contribution in [0.3, 0.4) is 0 Å². The molecule has 0 spiro atoms. The summed E-state index contributed by atoms with van der Waals surface area (Å²) < 4.78 is 5.13. The predicted octanol–water partition coefficient (Wildman–Crippen LogP) is 5.32. The van der Waals surface area contributed by atoms with Gasteiger partial charge in [0.2, 0.25) is 0 Å². The Kier molecular flexibility index (Phi) is 4.97. The zero-order chi connectivity index (χ0) is 16.8. The van der Waals surface area contributed by atoms with Gasteiger partial charge in [-0.2, -0.15) is 0 Å². The monoisotopic (exact) mass is 316 g/mol. The second-order valence-corrected chi connectivity index (χ2v) is 5.60. The third kappa shape index (κ3) is 3.85. The SMILES string of the molecule is COc1cc(C/C=C/c2ccc(-c3ccccc3)cc2)ccc1O. The van der Waals surface area contributed by atoms with Gasteiger partial charge in [0.15, 0.2) is 11.5 Å². The molecule has 3 rings (SSSR count). The maximum absolute atomic E-state index is 9.62. The van der Waals surface area contributed by atoms with Crippen LogP contribution in [0.1, 0.15) is 11.1 Å². The molecule has 120 valence electrons. The number of phenols is 1. The van der Waals surface area contributed by atoms with Crippen molar-refractivity contribution in [1.29, 1.82) is 0 Å². The van der Waals surface area contributed by atoms with E-state index in [2.05, 4.69) is 60.7 Å². The van der Waals surface area contributed by atoms with E-state index in [-0.39, 0.29) is 5.75 Å². The van der Waals surface area contributed by atoms with E-state index >= 15 is 0 Å². The number of rotatable bonds is 5. The molecule has 0 atom stereocenters. The third-order valence-electron chi connectivity index (χ3n) is 3.93. The Hall–Kier alpha value is -3.00. The Labute approximate surface area is 142 Å². The first kappa shape index (κ1) is 15.9. The molecule has 1 N–H and O–H groups in total. The van der Waals surface area contributed by atoms with Crippen molar-refractivity contribution < 1.29 is 9.84 Å². The van der Waals surface area contributed by atoms with Gasteiger partial charge in [0.1, 0.15) is 0 Å². The summed E-state index contributed by atoms with van der Waals surface area (Å²) in [5.41, 5.74) is 4.71. The number of methoxy groups -OCH3 is 1. The molecule has 3 aromatic rings. The van der Waals surface area contributed by atoms with Gasteiger partial charge in [0, 0.05) is 0 Å². The average molecular weight is 316 g/mol. The topological polar surface area (TPSA) is 29.5 Å². The number of benzene rings is 3. The van der Waals surface area contributed by atoms with Crippen LogP contribution in [0.25, 0.3) is 17.2 Å². The molecule has 0 fully saturated rings. The van der Waals surface area contributed by atoms with Crippen molar-refractivity contribution in [1.82, 2.24) is 0 Å². The lowest BCUT2D eigenvalue weighted by Gasteiger charge is -2.05. The first-order valence-electron chi connectivity index (χ1n) is 7.94. The van der Waals surface area contributed by atoms with Gasteiger partial charge in [-0.15, -0.1) is 0 Å². The molecular formula is C22H20O2. The van der Waals surface area contributed by atoms with Crippen LogP contribution in [0, 0.1) is 0 Å². The van der Waals surface area contributed by atoms with Gasteiger partial charge >= 0.3 is 0 Å². The van der Waals surface area contributed by atoms with Gasteiger partial charge in [0.05, 0.1) is 7.11 Å². The summed E-state index contributed by atoms with van der Waals surface area (Å²) in [6.45, 7) is 0. The molecule has 0 aliphatic carbocycles. The lowest BCUT2D eigenvalue weighted by molar-refractivity contribution is 0.373. The number of phenolic OH excluding ortho intramolecular Hbond substituents is 1. The molecule has 0 aliphatic rings. The second kappa shape index (κ2) is 7.51. The van der Waals surface area contributed by atoms with Crippen molar-refractivity contribution in [2.75, 3.05) is 7.11 Å². The molecule has 2 heteroatoms. The van der Waals surface area contributed by atoms with Crippen LogP contribution in [0.2, 0.25) is 0 Å². The van der Waals surface area contributed by atoms with E-state index in [0.29, 0.717) is 5.75 Å². The van der Waals surface area contributed by atoms with Crippen LogP contribution < -0.4 is 4.74 Å². The summed E-state index contributed by atoms with van der Waals surface area (Å²) in [7, 11) is 1.56. The molecule has 0 aromatic heterocycles. The average Bonchev–Trinajstić information content (AvgIpc) is 2.64. The largest absolute Gasteiger partial charge is 0.504 e. The van der Waals surface area contributed by atoms with Crippen LogP contribution in [-0.2, 0) is 6.42 Å². The van der Waals surface area contributed by atoms with Crippen molar-refractivity contribution in [2.24, 2.45) is 0 Å². The van der Waals surface area contributed by atoms with E-state index in [1.54, 1.807) is 13.2 Å². The number of ether oxygens (including phenoxy) is 1. The lowest BCUT2D eigenvalue weighted by atomic mass is 10.0. The maximum atomic E-state index is 9.62. The van der Waals surface area contributed by atoms with Crippen LogP contribution in [0.4, 0.5) is 0 Å². The molecule has 0 unspecified atom stereocenters. The van der Waals surface area contributed by atoms with Gasteiger partial charge < -0.3 is 9.84 Å². The second-order valence-electron chi connectivity index (χ2n) is 5.60. The Morgan fingerprint density at radius 2 is 1.58 bits per heavy atom. The highest BCUT2D eigenvalue weighted by atomic mass is 16.5. The molecule has 0 radical (unpaired) electrons. The van der Waals surface area contributed by atoms with Crippen LogP contribution >= 0.6 is 0 Å². The predicted molar refractivity (Wildman–Crippen MR) is 99.3 cm³/mol. The highest BCUT2D eigenvalue weighted by Crippen LogP contribution is 2.26. The van der Waals surface area contributed by atoms with Crippen LogP contribution in [0.5, 0.6) is 11.5 Å². The fourth-order valence-electron chi connectivity index (χ4n) is 2.60. The van der Waals surface area contributed by atoms with Crippen molar-refractivity contribution in [3.63, 3.8) is 0 Å². The van der Waals surface area contributed by atoms with E-state index < -0.39 is 0 Å². The van der Waals surface area contributed by atoms with Gasteiger partial charge in [-0.3, -0.25) is 0 Å². The fourth-order valence-corrected chi connectivity index (χ4v) is 2.60. The van der Waals surface area contributed by atoms with Gasteiger partial charge in [0.25, 0.3) is 0 Å². The normalized spacial score (nSPS) is 10.9. The van der Waals surface area contributed by atoms with Crippen molar-refractivity contribution >= 4 is 6.08 Å². The Balaban J connectivity index is 1.67. The summed E-state index contributed by atoms with van der Waals surface area (Å²) in [6, 6.07) is 24.3. The lowest BCUT2D eigenvalue weighted by Crippen LogP contribution is -1.87. The molecular weight excluding hydrogens is 296 g/mol. The quantitative estimate of drug-likeness (QED) is 0.690. The van der Waals surface area contributed by atoms with Gasteiger partial charge in [-0.1, -0.05) is 72.8 Å². The van der Waals surface area contributed by atoms with Gasteiger partial charge in [-0.25, -0.2) is 0 Å². The van der Waals surface area contributed by atoms with E-state index in [9.17, 15) is 5.11 Å². The molecule has 0 amide bonds. The summed E-state index contributed by atoms with van der Waals surface area (Å²) >= 11 is 0. The summed E-state index contributed by atoms with van der Waals surface area (Å²) in [5.74, 6) is 0.676. The molecule has 0 saturated carbocycles. The zero-order valence-corrected chi connectivity index (χ0v) is 13.6. The van der Waals surface area contributed by atoms with Crippen LogP contribution in [0.15, 0.2) is 78.9 Å². The van der Waals surface area contributed by atoms with Crippen molar-refractivity contribution in [3.05, 3.63) is 90.0 Å². The highest BCUT2D eigenvalue weighted by Gasteiger charge is 2.01. The minimum atomic E-state index is 0.168. The third-order valence-corrected chi connectivity index (χ3v) is 3.93. The van der Waals surface area contributed by atoms with E-state index in [0.717, 1.165) is 12.0 Å². The number of allylic oxidation sites excluding steroid dienone is 1. The molecule has 0 saturated heterocycles. The molecule has 24 heavy (non-hydrogen) atoms. The fraction of sp³-hybridized carbons (Fsp3) is 0.0909. The van der Waals surface area contributed by atoms with Gasteiger partial charge in [-0.05, 0) is 40.8 Å². The molecule has 0 heterocycles. The summed E-state index contributed by atoms with van der Waals surface area (Å²) in [4.78, 5) is 0. The van der Waals surface area contributed by atoms with E-state index in [1.165, 1.54) is 16.7 Å². The summed E-state index contributed by atoms with van der Waals surface area (Å²) in [5, 5.41) is 9.62. The standard InChI is InChI=1S/C22H20O2/c1-24-22-16-18(12-15-21(22)23)7-5-6-17-10-13-20(14-11-17)19-8-3-2-4-9-19/h2-6,8-16,23H,7H2,1H3/b6-5+. The Morgan fingerprint density at radius 3 is 2.29 bits per heavy atom. The summed E-state index contributed by atoms with van der Waals surface area (Å²) in [6.07, 6.45) is 5.01. The number of hydrogen-bond acceptors (Lipinski definition) is 2. The molecule has 2 nitrogen and oxygen atoms in total. The Bertz CT molecular complexity index is 818. The first-order valence-corrected chi connectivity index (χ1v) is 7.94. The Morgan fingerprint density at radius 1 is 0.875 bits per heavy atom. The molecule has 3 aromatic carbocycles. The smallest absolute Gasteiger partial charge is 0.160 e. The van der Waals surface area contributed by atoms with Crippen molar-refractivity contribution in [2.45, 2.75) is 6.42 Å². The zero-order valence-electron chi connectivity index (χ0n) is 13.6. The highest BCUT2D eigenvalue weighted by molar-refractivity contribution is 5.65. The number of hydrogen-bond donors (Lipinski definition) is 1. The van der Waals surface area contributed by atoms with Crippen molar-refractivity contribution in [3.8, 4) is 22.6 Å². The minimum Gasteiger partial charge on any atom is -0.504 e. The van der Waals surface area contributed by atoms with Crippen LogP contribution in [-0.4, -0.2) is 12.2 Å². The number of aromatic hydroxyl groups is 1. The molecule has 0 aliphatic heterocycles. The minimum absolute atomic E-state index is 0.168.